The van der Waals surface area contributed by atoms with Gasteiger partial charge in [-0.25, -0.2) is 4.98 Å². The lowest BCUT2D eigenvalue weighted by atomic mass is 9.98. The molecule has 12 aromatic rings. The van der Waals surface area contributed by atoms with Crippen LogP contribution in [0.4, 0.5) is 62.3 Å². The highest BCUT2D eigenvalue weighted by Crippen LogP contribution is 2.38. The van der Waals surface area contributed by atoms with Crippen LogP contribution >= 0.6 is 11.6 Å². The number of anilines is 4. The van der Waals surface area contributed by atoms with Crippen LogP contribution in [0.5, 0.6) is 28.7 Å². The number of Topliss-reactive ketones (excluding diaryl/α,β-unsaturated/α-hetero) is 1. The van der Waals surface area contributed by atoms with Crippen LogP contribution in [0.3, 0.4) is 0 Å². The Balaban J connectivity index is 0.000000168. The number of amides is 5. The second kappa shape index (κ2) is 43.2. The maximum Gasteiger partial charge on any atom is 0.418 e. The zero-order valence-electron chi connectivity index (χ0n) is 62.6. The molecule has 5 amide bonds. The molecule has 1 fully saturated rings. The normalized spacial score (nSPS) is 11.8. The zero-order valence-corrected chi connectivity index (χ0v) is 63.4. The molecule has 1 aliphatic rings. The third-order valence-electron chi connectivity index (χ3n) is 16.8. The van der Waals surface area contributed by atoms with Crippen molar-refractivity contribution in [2.24, 2.45) is 0 Å². The first-order valence-corrected chi connectivity index (χ1v) is 36.4. The first kappa shape index (κ1) is 87.6. The minimum absolute atomic E-state index is 0.0237. The summed E-state index contributed by atoms with van der Waals surface area (Å²) < 4.78 is 150. The van der Waals surface area contributed by atoms with E-state index >= 15 is 0 Å². The standard InChI is InChI=1S/C18H14F3N3O2.C18H13F3N2O2.C18H16F3NO4.C17H13ClN2O2.C15H21NO2/c19-18(20,21)15-3-1-2-4-16(15)23-17(25)11-26-14-7-5-13(6-8-14)24-10-9-22-12-24;19-18(20,21)13-7-1-2-8-14(13)23-16(24)11-25-15-9-3-5-12-6-4-10-22-17(12)15;1-11(23)12-7-8-15(16(9-12)25-2)26-10-17(24)22-14-6-4-3-5-13(14)18(19,20)21;18-13-7-1-2-8-14(13)20-16(21)11-22-15-9-3-5-12-6-4-10-19-17(12)15;17-15(12-18-14-9-5-2-6-10-14)16-11-13-7-3-1-4-8-13/h1-10,12H,11H2,(H,23,25);1-10H,11H2,(H,23,24);3-9H,10H2,1-2H3,(H,22,24);1-10H,11H2,(H,20,21);1,3-4,7-8,14H,2,5-6,9-12H2,(H,16,17). The Morgan fingerprint density at radius 3 is 1.35 bits per heavy atom. The highest BCUT2D eigenvalue weighted by Gasteiger charge is 2.36. The lowest BCUT2D eigenvalue weighted by Gasteiger charge is -2.21. The molecule has 0 saturated heterocycles. The number of carbonyl (C=O) groups is 6. The molecule has 117 heavy (non-hydrogen) atoms. The number of pyridine rings is 2. The highest BCUT2D eigenvalue weighted by molar-refractivity contribution is 6.33. The maximum absolute atomic E-state index is 12.9. The Labute approximate surface area is 670 Å². The lowest BCUT2D eigenvalue weighted by Crippen LogP contribution is -2.30. The number of para-hydroxylation sites is 6. The smallest absolute Gasteiger partial charge is 0.418 e. The number of halogens is 10. The van der Waals surface area contributed by atoms with Gasteiger partial charge in [0.05, 0.1) is 64.0 Å². The number of nitrogens with zero attached hydrogens (tertiary/aromatic N) is 4. The molecule has 3 heterocycles. The average molecular weight is 1640 g/mol. The van der Waals surface area contributed by atoms with Crippen LogP contribution in [-0.2, 0) is 53.8 Å². The minimum atomic E-state index is -4.59. The predicted molar refractivity (Wildman–Crippen MR) is 423 cm³/mol. The summed E-state index contributed by atoms with van der Waals surface area (Å²) in [7, 11) is 1.37. The largest absolute Gasteiger partial charge is 0.493 e. The molecule has 0 radical (unpaired) electrons. The quantitative estimate of drug-likeness (QED) is 0.0278. The van der Waals surface area contributed by atoms with Crippen molar-refractivity contribution < 1.29 is 96.7 Å². The molecule has 1 aliphatic carbocycles. The van der Waals surface area contributed by atoms with Gasteiger partial charge >= 0.3 is 18.5 Å². The van der Waals surface area contributed by atoms with E-state index in [-0.39, 0.29) is 59.4 Å². The fourth-order valence-corrected chi connectivity index (χ4v) is 11.4. The lowest BCUT2D eigenvalue weighted by molar-refractivity contribution is -0.138. The van der Waals surface area contributed by atoms with Crippen LogP contribution < -0.4 is 50.3 Å². The SMILES string of the molecule is COc1cc(C(C)=O)ccc1OCC(=O)Nc1ccccc1C(F)(F)F.O=C(COC1CCCCC1)NCc1ccccc1.O=C(COc1ccc(-n2ccnc2)cc1)Nc1ccccc1C(F)(F)F.O=C(COc1cccc2cccnc12)Nc1ccccc1C(F)(F)F.O=C(COc1cccc2cccnc12)Nc1ccccc1Cl. The molecular formula is C86H77ClF9N9O12. The van der Waals surface area contributed by atoms with Gasteiger partial charge in [-0.1, -0.05) is 146 Å². The Bertz CT molecular complexity index is 5260. The number of ketones is 1. The maximum atomic E-state index is 12.9. The summed E-state index contributed by atoms with van der Waals surface area (Å²) in [4.78, 5) is 83.2. The van der Waals surface area contributed by atoms with Crippen molar-refractivity contribution in [1.82, 2.24) is 24.8 Å². The van der Waals surface area contributed by atoms with Gasteiger partial charge in [-0.2, -0.15) is 39.5 Å². The van der Waals surface area contributed by atoms with E-state index in [2.05, 4.69) is 41.5 Å². The van der Waals surface area contributed by atoms with Crippen LogP contribution in [0.15, 0.2) is 262 Å². The van der Waals surface area contributed by atoms with Crippen molar-refractivity contribution >= 4 is 91.5 Å². The summed E-state index contributed by atoms with van der Waals surface area (Å²) in [5, 5.41) is 14.5. The summed E-state index contributed by atoms with van der Waals surface area (Å²) >= 11 is 6.00. The highest BCUT2D eigenvalue weighted by atomic mass is 35.5. The number of rotatable bonds is 24. The first-order valence-electron chi connectivity index (χ1n) is 36.0. The van der Waals surface area contributed by atoms with E-state index in [0.717, 1.165) is 64.6 Å². The number of fused-ring (bicyclic) bond motifs is 2. The number of hydrogen-bond acceptors (Lipinski definition) is 15. The van der Waals surface area contributed by atoms with Crippen molar-refractivity contribution in [2.75, 3.05) is 61.4 Å². The molecule has 0 spiro atoms. The number of imidazole rings is 1. The van der Waals surface area contributed by atoms with E-state index in [1.807, 2.05) is 66.7 Å². The number of carbonyl (C=O) groups excluding carboxylic acids is 6. The summed E-state index contributed by atoms with van der Waals surface area (Å²) in [6.45, 7) is 0.688. The van der Waals surface area contributed by atoms with E-state index in [1.54, 1.807) is 108 Å². The number of nitrogens with one attached hydrogen (secondary N) is 5. The summed E-state index contributed by atoms with van der Waals surface area (Å²) in [5.41, 5.74) is 0.527. The van der Waals surface area contributed by atoms with E-state index in [9.17, 15) is 68.3 Å². The van der Waals surface area contributed by atoms with Gasteiger partial charge in [-0.15, -0.1) is 0 Å². The Morgan fingerprint density at radius 2 is 0.889 bits per heavy atom. The fraction of sp³-hybridized carbons (Fsp3) is 0.198. The number of benzene rings is 9. The molecule has 3 aromatic heterocycles. The van der Waals surface area contributed by atoms with Gasteiger partial charge in [0.15, 0.2) is 43.7 Å². The summed E-state index contributed by atoms with van der Waals surface area (Å²) in [5.74, 6) is -0.790. The van der Waals surface area contributed by atoms with E-state index in [1.165, 1.54) is 100 Å². The van der Waals surface area contributed by atoms with Crippen molar-refractivity contribution in [3.8, 4) is 34.4 Å². The number of alkyl halides is 9. The van der Waals surface area contributed by atoms with Crippen molar-refractivity contribution in [1.29, 1.82) is 0 Å². The number of ether oxygens (including phenoxy) is 6. The molecule has 0 bridgehead atoms. The predicted octanol–water partition coefficient (Wildman–Crippen LogP) is 18.7. The average Bonchev–Trinajstić information content (AvgIpc) is 1.57. The summed E-state index contributed by atoms with van der Waals surface area (Å²) in [6.07, 6.45) is 0.935. The van der Waals surface area contributed by atoms with E-state index < -0.39 is 72.8 Å². The van der Waals surface area contributed by atoms with Crippen molar-refractivity contribution in [3.05, 3.63) is 294 Å². The van der Waals surface area contributed by atoms with Gasteiger partial charge in [0.1, 0.15) is 34.9 Å². The van der Waals surface area contributed by atoms with Crippen LogP contribution in [0.25, 0.3) is 27.5 Å². The van der Waals surface area contributed by atoms with Crippen LogP contribution in [-0.4, -0.2) is 101 Å². The van der Waals surface area contributed by atoms with Crippen LogP contribution in [0, 0.1) is 0 Å². The summed E-state index contributed by atoms with van der Waals surface area (Å²) in [6, 6.07) is 60.7. The molecule has 0 atom stereocenters. The Kier molecular flexibility index (Phi) is 32.4. The topological polar surface area (TPSA) is 262 Å². The van der Waals surface area contributed by atoms with Crippen molar-refractivity contribution in [2.45, 2.75) is 70.2 Å². The fourth-order valence-electron chi connectivity index (χ4n) is 11.2. The third-order valence-corrected chi connectivity index (χ3v) is 17.2. The van der Waals surface area contributed by atoms with Crippen LogP contribution in [0.1, 0.15) is 71.6 Å². The van der Waals surface area contributed by atoms with E-state index in [4.69, 9.17) is 40.0 Å². The molecule has 21 nitrogen and oxygen atoms in total. The molecule has 13 rings (SSSR count). The van der Waals surface area contributed by atoms with Crippen LogP contribution in [0.2, 0.25) is 5.02 Å². The van der Waals surface area contributed by atoms with Gasteiger partial charge in [0.2, 0.25) is 5.91 Å². The Hall–Kier alpha value is -13.4. The molecule has 1 saturated carbocycles. The molecule has 608 valence electrons. The second-order valence-corrected chi connectivity index (χ2v) is 25.7. The third kappa shape index (κ3) is 28.0. The van der Waals surface area contributed by atoms with Gasteiger partial charge < -0.3 is 59.6 Å². The Morgan fingerprint density at radius 1 is 0.444 bits per heavy atom. The zero-order chi connectivity index (χ0) is 83.7. The first-order chi connectivity index (χ1) is 56.2. The molecular weight excluding hydrogens is 1560 g/mol. The van der Waals surface area contributed by atoms with Crippen molar-refractivity contribution in [3.63, 3.8) is 0 Å². The monoisotopic (exact) mass is 1630 g/mol. The molecule has 5 N–H and O–H groups in total. The van der Waals surface area contributed by atoms with Gasteiger partial charge in [-0.05, 0) is 141 Å². The number of hydrogen-bond donors (Lipinski definition) is 5. The number of aromatic nitrogens is 4. The molecule has 9 aromatic carbocycles. The van der Waals surface area contributed by atoms with Gasteiger partial charge in [-0.3, -0.25) is 38.7 Å². The van der Waals surface area contributed by atoms with E-state index in [0.29, 0.717) is 51.7 Å². The minimum Gasteiger partial charge on any atom is -0.493 e. The second-order valence-electron chi connectivity index (χ2n) is 25.3. The number of methoxy groups -OCH3 is 1. The molecule has 31 heteroatoms. The molecule has 0 aliphatic heterocycles. The van der Waals surface area contributed by atoms with Gasteiger partial charge in [0.25, 0.3) is 23.6 Å². The van der Waals surface area contributed by atoms with Gasteiger partial charge in [0, 0.05) is 53.4 Å². The molecule has 0 unspecified atom stereocenters.